The average molecular weight is 245 g/mol. The molecule has 1 fully saturated rings. The summed E-state index contributed by atoms with van der Waals surface area (Å²) >= 11 is 0. The van der Waals surface area contributed by atoms with Crippen molar-refractivity contribution in [1.82, 2.24) is 4.90 Å². The molecule has 1 heterocycles. The van der Waals surface area contributed by atoms with Crippen LogP contribution in [-0.2, 0) is 4.79 Å². The van der Waals surface area contributed by atoms with E-state index in [1.165, 1.54) is 5.56 Å². The number of carbonyl (C=O) groups excluding carboxylic acids is 1. The molecule has 0 saturated carbocycles. The number of carbonyl (C=O) groups is 1. The Kier molecular flexibility index (Phi) is 4.05. The van der Waals surface area contributed by atoms with Gasteiger partial charge in [0.15, 0.2) is 0 Å². The lowest BCUT2D eigenvalue weighted by Crippen LogP contribution is -2.28. The van der Waals surface area contributed by atoms with Gasteiger partial charge in [0, 0.05) is 13.0 Å². The summed E-state index contributed by atoms with van der Waals surface area (Å²) in [6.07, 6.45) is 1.89. The molecule has 98 valence electrons. The highest BCUT2D eigenvalue weighted by atomic mass is 16.2. The lowest BCUT2D eigenvalue weighted by atomic mass is 9.96. The number of hydrogen-bond donors (Lipinski definition) is 0. The summed E-state index contributed by atoms with van der Waals surface area (Å²) in [7, 11) is 0. The van der Waals surface area contributed by atoms with Gasteiger partial charge in [-0.25, -0.2) is 0 Å². The normalized spacial score (nSPS) is 21.7. The number of nitrogens with zero attached hydrogens (tertiary/aromatic N) is 1. The van der Waals surface area contributed by atoms with E-state index in [9.17, 15) is 4.79 Å². The summed E-state index contributed by atoms with van der Waals surface area (Å²) in [4.78, 5) is 14.2. The maximum Gasteiger partial charge on any atom is 0.223 e. The van der Waals surface area contributed by atoms with E-state index in [2.05, 4.69) is 32.9 Å². The highest BCUT2D eigenvalue weighted by Gasteiger charge is 2.33. The van der Waals surface area contributed by atoms with Crippen LogP contribution in [-0.4, -0.2) is 17.4 Å². The van der Waals surface area contributed by atoms with Gasteiger partial charge in [-0.2, -0.15) is 0 Å². The highest BCUT2D eigenvalue weighted by Crippen LogP contribution is 2.31. The first kappa shape index (κ1) is 13.1. The van der Waals surface area contributed by atoms with Crippen molar-refractivity contribution in [2.24, 2.45) is 11.8 Å². The molecule has 0 bridgehead atoms. The van der Waals surface area contributed by atoms with Crippen molar-refractivity contribution in [2.45, 2.75) is 39.7 Å². The molecule has 2 rings (SSSR count). The standard InChI is InChI=1S/C16H23NO/c1-12(2)9-14-10-16(18)17(11-14)13(3)15-7-5-4-6-8-15/h4-8,12-14H,9-11H2,1-3H3/t13-,14-/m0/s1. The maximum absolute atomic E-state index is 12.1. The number of amides is 1. The first-order valence-corrected chi connectivity index (χ1v) is 6.92. The molecule has 0 spiro atoms. The zero-order valence-electron chi connectivity index (χ0n) is 11.6. The van der Waals surface area contributed by atoms with Crippen molar-refractivity contribution < 1.29 is 4.79 Å². The van der Waals surface area contributed by atoms with Gasteiger partial charge in [0.1, 0.15) is 0 Å². The lowest BCUT2D eigenvalue weighted by molar-refractivity contribution is -0.129. The third kappa shape index (κ3) is 2.92. The number of benzene rings is 1. The fourth-order valence-electron chi connectivity index (χ4n) is 2.92. The van der Waals surface area contributed by atoms with Gasteiger partial charge in [0.2, 0.25) is 5.91 Å². The largest absolute Gasteiger partial charge is 0.336 e. The molecule has 1 aromatic carbocycles. The first-order chi connectivity index (χ1) is 8.58. The smallest absolute Gasteiger partial charge is 0.223 e. The van der Waals surface area contributed by atoms with Crippen LogP contribution in [0.15, 0.2) is 30.3 Å². The van der Waals surface area contributed by atoms with Gasteiger partial charge in [-0.15, -0.1) is 0 Å². The Morgan fingerprint density at radius 2 is 1.89 bits per heavy atom. The molecule has 1 saturated heterocycles. The van der Waals surface area contributed by atoms with Gasteiger partial charge in [0.25, 0.3) is 0 Å². The Morgan fingerprint density at radius 3 is 2.50 bits per heavy atom. The summed E-state index contributed by atoms with van der Waals surface area (Å²) < 4.78 is 0. The van der Waals surface area contributed by atoms with Gasteiger partial charge in [-0.3, -0.25) is 4.79 Å². The fraction of sp³-hybridized carbons (Fsp3) is 0.562. The first-order valence-electron chi connectivity index (χ1n) is 6.92. The van der Waals surface area contributed by atoms with Crippen LogP contribution >= 0.6 is 0 Å². The molecule has 0 aliphatic carbocycles. The molecule has 1 aliphatic rings. The molecular formula is C16H23NO. The zero-order chi connectivity index (χ0) is 13.1. The minimum absolute atomic E-state index is 0.205. The molecule has 2 heteroatoms. The van der Waals surface area contributed by atoms with Crippen LogP contribution in [0.4, 0.5) is 0 Å². The molecule has 1 amide bonds. The van der Waals surface area contributed by atoms with Crippen molar-refractivity contribution >= 4 is 5.91 Å². The van der Waals surface area contributed by atoms with Crippen molar-refractivity contribution in [2.75, 3.05) is 6.54 Å². The van der Waals surface area contributed by atoms with Gasteiger partial charge < -0.3 is 4.90 Å². The minimum atomic E-state index is 0.205. The van der Waals surface area contributed by atoms with E-state index in [0.717, 1.165) is 19.4 Å². The molecule has 2 nitrogen and oxygen atoms in total. The monoisotopic (exact) mass is 245 g/mol. The highest BCUT2D eigenvalue weighted by molar-refractivity contribution is 5.79. The summed E-state index contributed by atoms with van der Waals surface area (Å²) in [5, 5.41) is 0. The Morgan fingerprint density at radius 1 is 1.22 bits per heavy atom. The van der Waals surface area contributed by atoms with Crippen LogP contribution in [0.5, 0.6) is 0 Å². The predicted molar refractivity (Wildman–Crippen MR) is 74.1 cm³/mol. The Balaban J connectivity index is 2.04. The summed E-state index contributed by atoms with van der Waals surface area (Å²) in [5.41, 5.74) is 1.23. The molecule has 1 aromatic rings. The Bertz CT molecular complexity index is 399. The lowest BCUT2D eigenvalue weighted by Gasteiger charge is -2.25. The van der Waals surface area contributed by atoms with Crippen LogP contribution in [0.3, 0.4) is 0 Å². The molecule has 0 aromatic heterocycles. The predicted octanol–water partition coefficient (Wildman–Crippen LogP) is 3.64. The minimum Gasteiger partial charge on any atom is -0.336 e. The van der Waals surface area contributed by atoms with Crippen molar-refractivity contribution in [3.05, 3.63) is 35.9 Å². The molecule has 18 heavy (non-hydrogen) atoms. The number of likely N-dealkylation sites (tertiary alicyclic amines) is 1. The van der Waals surface area contributed by atoms with E-state index in [4.69, 9.17) is 0 Å². The second-order valence-corrected chi connectivity index (χ2v) is 5.83. The third-order valence-electron chi connectivity index (χ3n) is 3.79. The SMILES string of the molecule is CC(C)C[C@H]1CC(=O)N([C@@H](C)c2ccccc2)C1. The molecular weight excluding hydrogens is 222 g/mol. The molecule has 1 aliphatic heterocycles. The van der Waals surface area contributed by atoms with Crippen LogP contribution in [0.1, 0.15) is 45.2 Å². The topological polar surface area (TPSA) is 20.3 Å². The number of hydrogen-bond acceptors (Lipinski definition) is 1. The van der Waals surface area contributed by atoms with Crippen molar-refractivity contribution in [1.29, 1.82) is 0 Å². The van der Waals surface area contributed by atoms with E-state index in [1.807, 2.05) is 23.1 Å². The van der Waals surface area contributed by atoms with Gasteiger partial charge in [-0.1, -0.05) is 44.2 Å². The fourth-order valence-corrected chi connectivity index (χ4v) is 2.92. The van der Waals surface area contributed by atoms with E-state index in [0.29, 0.717) is 17.7 Å². The summed E-state index contributed by atoms with van der Waals surface area (Å²) in [5.74, 6) is 1.54. The quantitative estimate of drug-likeness (QED) is 0.793. The van der Waals surface area contributed by atoms with E-state index in [1.54, 1.807) is 0 Å². The molecule has 0 unspecified atom stereocenters. The van der Waals surface area contributed by atoms with Crippen LogP contribution in [0, 0.1) is 11.8 Å². The zero-order valence-corrected chi connectivity index (χ0v) is 11.6. The second kappa shape index (κ2) is 5.55. The van der Waals surface area contributed by atoms with E-state index < -0.39 is 0 Å². The Labute approximate surface area is 110 Å². The van der Waals surface area contributed by atoms with Gasteiger partial charge in [-0.05, 0) is 30.7 Å². The molecule has 2 atom stereocenters. The third-order valence-corrected chi connectivity index (χ3v) is 3.79. The van der Waals surface area contributed by atoms with E-state index >= 15 is 0 Å². The second-order valence-electron chi connectivity index (χ2n) is 5.83. The number of rotatable bonds is 4. The van der Waals surface area contributed by atoms with Crippen LogP contribution < -0.4 is 0 Å². The van der Waals surface area contributed by atoms with Crippen LogP contribution in [0.25, 0.3) is 0 Å². The Hall–Kier alpha value is -1.31. The van der Waals surface area contributed by atoms with E-state index in [-0.39, 0.29) is 6.04 Å². The average Bonchev–Trinajstić information content (AvgIpc) is 2.69. The van der Waals surface area contributed by atoms with Gasteiger partial charge in [0.05, 0.1) is 6.04 Å². The maximum atomic E-state index is 12.1. The van der Waals surface area contributed by atoms with Crippen molar-refractivity contribution in [3.8, 4) is 0 Å². The van der Waals surface area contributed by atoms with Crippen molar-refractivity contribution in [3.63, 3.8) is 0 Å². The van der Waals surface area contributed by atoms with Gasteiger partial charge >= 0.3 is 0 Å². The summed E-state index contributed by atoms with van der Waals surface area (Å²) in [6, 6.07) is 10.5. The molecule has 0 N–H and O–H groups in total. The summed E-state index contributed by atoms with van der Waals surface area (Å²) in [6.45, 7) is 7.51. The van der Waals surface area contributed by atoms with Crippen LogP contribution in [0.2, 0.25) is 0 Å². The molecule has 0 radical (unpaired) electrons.